The highest BCUT2D eigenvalue weighted by Crippen LogP contribution is 2.29. The van der Waals surface area contributed by atoms with E-state index >= 15 is 0 Å². The fourth-order valence-corrected chi connectivity index (χ4v) is 2.99. The van der Waals surface area contributed by atoms with E-state index in [9.17, 15) is 14.0 Å². The number of esters is 1. The molecule has 3 N–H and O–H groups in total. The molecule has 10 nitrogen and oxygen atoms in total. The molecule has 4 rings (SSSR count). The monoisotopic (exact) mass is 413 g/mol. The van der Waals surface area contributed by atoms with Crippen LogP contribution in [-0.4, -0.2) is 57.8 Å². The van der Waals surface area contributed by atoms with Crippen LogP contribution in [0.3, 0.4) is 0 Å². The van der Waals surface area contributed by atoms with Crippen molar-refractivity contribution in [2.24, 2.45) is 0 Å². The first-order valence-electron chi connectivity index (χ1n) is 9.11. The molecule has 1 amide bonds. The zero-order valence-corrected chi connectivity index (χ0v) is 15.8. The second-order valence-electron chi connectivity index (χ2n) is 6.47. The molecule has 1 aliphatic rings. The van der Waals surface area contributed by atoms with Gasteiger partial charge in [0.2, 0.25) is 0 Å². The van der Waals surface area contributed by atoms with E-state index in [0.717, 1.165) is 0 Å². The molecule has 3 aromatic rings. The van der Waals surface area contributed by atoms with Crippen LogP contribution in [0.25, 0.3) is 16.9 Å². The van der Waals surface area contributed by atoms with Crippen LogP contribution >= 0.6 is 0 Å². The third kappa shape index (κ3) is 3.96. The Balaban J connectivity index is 1.48. The number of hydrogen-bond acceptors (Lipinski definition) is 7. The molecule has 154 valence electrons. The van der Waals surface area contributed by atoms with Gasteiger partial charge >= 0.3 is 12.1 Å². The highest BCUT2D eigenvalue weighted by atomic mass is 19.1. The molecule has 1 fully saturated rings. The van der Waals surface area contributed by atoms with Gasteiger partial charge in [0.1, 0.15) is 12.4 Å². The van der Waals surface area contributed by atoms with Gasteiger partial charge in [-0.1, -0.05) is 5.21 Å². The van der Waals surface area contributed by atoms with E-state index in [1.165, 1.54) is 28.0 Å². The van der Waals surface area contributed by atoms with Crippen molar-refractivity contribution in [2.75, 3.05) is 24.6 Å². The van der Waals surface area contributed by atoms with Gasteiger partial charge in [-0.2, -0.15) is 0 Å². The second-order valence-corrected chi connectivity index (χ2v) is 6.47. The summed E-state index contributed by atoms with van der Waals surface area (Å²) in [7, 11) is 0. The summed E-state index contributed by atoms with van der Waals surface area (Å²) in [6.45, 7) is 0.0723. The largest absolute Gasteiger partial charge is 0.458 e. The predicted octanol–water partition coefficient (Wildman–Crippen LogP) is 0.579. The van der Waals surface area contributed by atoms with E-state index in [1.54, 1.807) is 30.5 Å². The molecule has 0 radical (unpaired) electrons. The summed E-state index contributed by atoms with van der Waals surface area (Å²) >= 11 is 0. The normalized spacial score (nSPS) is 15.9. The van der Waals surface area contributed by atoms with Gasteiger partial charge < -0.3 is 15.2 Å². The number of anilines is 1. The molecule has 2 aromatic heterocycles. The third-order valence-corrected chi connectivity index (χ3v) is 4.49. The Bertz CT molecular complexity index is 1060. The molecule has 1 aromatic carbocycles. The number of carbonyl (C=O) groups excluding carboxylic acids is 2. The van der Waals surface area contributed by atoms with Crippen molar-refractivity contribution < 1.29 is 29.2 Å². The van der Waals surface area contributed by atoms with E-state index < -0.39 is 24.0 Å². The Morgan fingerprint density at radius 3 is 2.87 bits per heavy atom. The lowest BCUT2D eigenvalue weighted by molar-refractivity contribution is -0.359. The number of nitrogens with zero attached hydrogens (tertiary/aromatic N) is 5. The number of pyridine rings is 1. The Morgan fingerprint density at radius 1 is 1.33 bits per heavy atom. The molecule has 1 aliphatic heterocycles. The van der Waals surface area contributed by atoms with E-state index in [0.29, 0.717) is 22.6 Å². The minimum atomic E-state index is -0.628. The average Bonchev–Trinajstić information content (AvgIpc) is 3.42. The number of ether oxygens (including phenoxy) is 2. The zero-order chi connectivity index (χ0) is 21.1. The van der Waals surface area contributed by atoms with Crippen LogP contribution in [0.15, 0.2) is 48.9 Å². The number of rotatable bonds is 6. The van der Waals surface area contributed by atoms with Crippen molar-refractivity contribution in [2.45, 2.75) is 6.10 Å². The minimum Gasteiger partial charge on any atom is -0.458 e. The SMILES string of the molecule is [NH3+]CC(=O)OCC1CN(c2ccc(-c3ccc(-n4ccnn4)nc3)c(F)c2)C(=O)O1. The molecule has 0 saturated carbocycles. The predicted molar refractivity (Wildman–Crippen MR) is 101 cm³/mol. The van der Waals surface area contributed by atoms with Crippen LogP contribution in [0.5, 0.6) is 0 Å². The van der Waals surface area contributed by atoms with E-state index in [4.69, 9.17) is 9.47 Å². The number of quaternary nitrogens is 1. The van der Waals surface area contributed by atoms with Gasteiger partial charge in [0.05, 0.1) is 24.6 Å². The number of carbonyl (C=O) groups is 2. The van der Waals surface area contributed by atoms with Crippen molar-refractivity contribution in [1.29, 1.82) is 0 Å². The first kappa shape index (κ1) is 19.5. The summed E-state index contributed by atoms with van der Waals surface area (Å²) in [6.07, 6.45) is 3.47. The molecular weight excluding hydrogens is 395 g/mol. The first-order chi connectivity index (χ1) is 14.5. The molecule has 11 heteroatoms. The Kier molecular flexibility index (Phi) is 5.35. The van der Waals surface area contributed by atoms with Gasteiger partial charge in [-0.05, 0) is 30.3 Å². The molecular formula is C19H18FN6O4+. The lowest BCUT2D eigenvalue weighted by Gasteiger charge is -2.14. The van der Waals surface area contributed by atoms with E-state index in [-0.39, 0.29) is 19.7 Å². The number of benzene rings is 1. The van der Waals surface area contributed by atoms with Gasteiger partial charge in [0.25, 0.3) is 0 Å². The molecule has 0 bridgehead atoms. The molecule has 0 spiro atoms. The lowest BCUT2D eigenvalue weighted by atomic mass is 10.1. The standard InChI is InChI=1S/C19H17FN6O4/c20-16-7-13(25-10-14(30-19(25)28)11-29-18(27)8-21)2-3-15(16)12-1-4-17(22-9-12)26-6-5-23-24-26/h1-7,9,14H,8,10-11,21H2/p+1. The quantitative estimate of drug-likeness (QED) is 0.586. The number of halogens is 1. The fraction of sp³-hybridized carbons (Fsp3) is 0.211. The minimum absolute atomic E-state index is 0.00821. The average molecular weight is 413 g/mol. The highest BCUT2D eigenvalue weighted by Gasteiger charge is 2.33. The molecule has 30 heavy (non-hydrogen) atoms. The maximum Gasteiger partial charge on any atom is 0.414 e. The molecule has 3 heterocycles. The van der Waals surface area contributed by atoms with Crippen molar-refractivity contribution in [1.82, 2.24) is 20.0 Å². The Hall–Kier alpha value is -3.86. The van der Waals surface area contributed by atoms with Crippen molar-refractivity contribution in [3.63, 3.8) is 0 Å². The summed E-state index contributed by atoms with van der Waals surface area (Å²) < 4.78 is 26.4. The van der Waals surface area contributed by atoms with Gasteiger partial charge in [0.15, 0.2) is 18.5 Å². The number of cyclic esters (lactones) is 1. The number of amides is 1. The van der Waals surface area contributed by atoms with Gasteiger partial charge in [-0.15, -0.1) is 5.10 Å². The zero-order valence-electron chi connectivity index (χ0n) is 15.8. The summed E-state index contributed by atoms with van der Waals surface area (Å²) in [4.78, 5) is 28.9. The summed E-state index contributed by atoms with van der Waals surface area (Å²) in [6, 6.07) is 7.87. The summed E-state index contributed by atoms with van der Waals surface area (Å²) in [5.41, 5.74) is 4.68. The first-order valence-corrected chi connectivity index (χ1v) is 9.11. The molecule has 1 saturated heterocycles. The van der Waals surface area contributed by atoms with Crippen LogP contribution in [0.2, 0.25) is 0 Å². The number of aromatic nitrogens is 4. The lowest BCUT2D eigenvalue weighted by Crippen LogP contribution is -2.54. The Labute approximate surface area is 170 Å². The van der Waals surface area contributed by atoms with Crippen molar-refractivity contribution in [3.05, 3.63) is 54.7 Å². The third-order valence-electron chi connectivity index (χ3n) is 4.49. The van der Waals surface area contributed by atoms with Crippen molar-refractivity contribution in [3.8, 4) is 16.9 Å². The maximum absolute atomic E-state index is 14.8. The van der Waals surface area contributed by atoms with E-state index in [2.05, 4.69) is 21.0 Å². The molecule has 0 aliphatic carbocycles. The number of hydrogen-bond donors (Lipinski definition) is 1. The summed E-state index contributed by atoms with van der Waals surface area (Å²) in [5.74, 6) is -0.440. The molecule has 1 atom stereocenters. The van der Waals surface area contributed by atoms with Gasteiger partial charge in [0, 0.05) is 17.3 Å². The van der Waals surface area contributed by atoms with Crippen LogP contribution in [0.1, 0.15) is 0 Å². The van der Waals surface area contributed by atoms with Crippen LogP contribution in [-0.2, 0) is 14.3 Å². The van der Waals surface area contributed by atoms with Crippen molar-refractivity contribution >= 4 is 17.7 Å². The van der Waals surface area contributed by atoms with Crippen LogP contribution < -0.4 is 10.6 Å². The smallest absolute Gasteiger partial charge is 0.414 e. The highest BCUT2D eigenvalue weighted by molar-refractivity contribution is 5.90. The van der Waals surface area contributed by atoms with Gasteiger partial charge in [-0.25, -0.2) is 23.6 Å². The van der Waals surface area contributed by atoms with Gasteiger partial charge in [-0.3, -0.25) is 4.90 Å². The fourth-order valence-electron chi connectivity index (χ4n) is 2.99. The second kappa shape index (κ2) is 8.25. The Morgan fingerprint density at radius 2 is 2.20 bits per heavy atom. The topological polar surface area (TPSA) is 127 Å². The summed E-state index contributed by atoms with van der Waals surface area (Å²) in [5, 5.41) is 7.57. The van der Waals surface area contributed by atoms with Crippen LogP contribution in [0.4, 0.5) is 14.9 Å². The van der Waals surface area contributed by atoms with E-state index in [1.807, 2.05) is 0 Å². The molecule has 1 unspecified atom stereocenters. The van der Waals surface area contributed by atoms with Crippen LogP contribution in [0, 0.1) is 5.82 Å². The maximum atomic E-state index is 14.8.